The molecular weight excluding hydrogens is 210 g/mol. The molecule has 100 valence electrons. The number of rotatable bonds is 6. The van der Waals surface area contributed by atoms with Gasteiger partial charge < -0.3 is 10.1 Å². The lowest BCUT2D eigenvalue weighted by Crippen LogP contribution is -2.39. The largest absolute Gasteiger partial charge is 0.380 e. The summed E-state index contributed by atoms with van der Waals surface area (Å²) in [5.41, 5.74) is 0. The van der Waals surface area contributed by atoms with Gasteiger partial charge in [-0.15, -0.1) is 0 Å². The van der Waals surface area contributed by atoms with Gasteiger partial charge in [0.15, 0.2) is 0 Å². The molecule has 2 aliphatic carbocycles. The lowest BCUT2D eigenvalue weighted by molar-refractivity contribution is 0.0645. The van der Waals surface area contributed by atoms with Crippen LogP contribution >= 0.6 is 0 Å². The zero-order valence-corrected chi connectivity index (χ0v) is 11.4. The Hall–Kier alpha value is -0.0800. The van der Waals surface area contributed by atoms with Crippen LogP contribution < -0.4 is 5.32 Å². The van der Waals surface area contributed by atoms with Crippen LogP contribution in [0, 0.1) is 11.8 Å². The maximum absolute atomic E-state index is 5.96. The van der Waals surface area contributed by atoms with Crippen LogP contribution in [0.4, 0.5) is 0 Å². The van der Waals surface area contributed by atoms with Crippen molar-refractivity contribution < 1.29 is 4.74 Å². The second-order valence-electron chi connectivity index (χ2n) is 5.98. The summed E-state index contributed by atoms with van der Waals surface area (Å²) in [6.45, 7) is 1.93. The molecule has 17 heavy (non-hydrogen) atoms. The van der Waals surface area contributed by atoms with Crippen molar-refractivity contribution in [3.63, 3.8) is 0 Å². The predicted octanol–water partition coefficient (Wildman–Crippen LogP) is 3.36. The normalized spacial score (nSPS) is 25.2. The van der Waals surface area contributed by atoms with E-state index >= 15 is 0 Å². The first-order valence-electron chi connectivity index (χ1n) is 7.65. The van der Waals surface area contributed by atoms with Gasteiger partial charge in [-0.2, -0.15) is 0 Å². The Balaban J connectivity index is 1.63. The minimum absolute atomic E-state index is 0.594. The van der Waals surface area contributed by atoms with Crippen molar-refractivity contribution in [1.82, 2.24) is 5.32 Å². The highest BCUT2D eigenvalue weighted by molar-refractivity contribution is 4.78. The maximum atomic E-state index is 5.96. The third-order valence-corrected chi connectivity index (χ3v) is 4.72. The lowest BCUT2D eigenvalue weighted by atomic mass is 9.84. The zero-order valence-electron chi connectivity index (χ0n) is 11.4. The highest BCUT2D eigenvalue weighted by Crippen LogP contribution is 2.27. The molecule has 0 amide bonds. The average molecular weight is 239 g/mol. The Labute approximate surface area is 107 Å². The molecule has 2 nitrogen and oxygen atoms in total. The number of nitrogens with one attached hydrogen (secondary N) is 1. The van der Waals surface area contributed by atoms with Crippen LogP contribution in [0.15, 0.2) is 0 Å². The fraction of sp³-hybridized carbons (Fsp3) is 1.00. The number of likely N-dealkylation sites (N-methyl/N-ethyl adjacent to an activating group) is 1. The molecule has 2 heteroatoms. The molecule has 0 aliphatic heterocycles. The first kappa shape index (κ1) is 13.4. The Bertz CT molecular complexity index is 195. The molecule has 0 aromatic heterocycles. The monoisotopic (exact) mass is 239 g/mol. The fourth-order valence-electron chi connectivity index (χ4n) is 3.53. The third kappa shape index (κ3) is 4.26. The summed E-state index contributed by atoms with van der Waals surface area (Å²) in [4.78, 5) is 0. The van der Waals surface area contributed by atoms with E-state index < -0.39 is 0 Å². The SMILES string of the molecule is CNC(COCC1CCCC1)C1CCCCC1. The van der Waals surface area contributed by atoms with E-state index in [0.29, 0.717) is 6.04 Å². The molecule has 1 N–H and O–H groups in total. The van der Waals surface area contributed by atoms with Gasteiger partial charge >= 0.3 is 0 Å². The van der Waals surface area contributed by atoms with E-state index in [9.17, 15) is 0 Å². The van der Waals surface area contributed by atoms with Gasteiger partial charge in [-0.25, -0.2) is 0 Å². The molecule has 0 saturated heterocycles. The molecule has 2 saturated carbocycles. The summed E-state index contributed by atoms with van der Waals surface area (Å²) in [6, 6.07) is 0.594. The Morgan fingerprint density at radius 3 is 2.29 bits per heavy atom. The molecule has 1 atom stereocenters. The first-order valence-corrected chi connectivity index (χ1v) is 7.65. The standard InChI is InChI=1S/C15H29NO/c1-16-15(14-9-3-2-4-10-14)12-17-11-13-7-5-6-8-13/h13-16H,2-12H2,1H3. The molecule has 0 heterocycles. The highest BCUT2D eigenvalue weighted by atomic mass is 16.5. The van der Waals surface area contributed by atoms with E-state index in [1.807, 2.05) is 0 Å². The van der Waals surface area contributed by atoms with E-state index in [1.165, 1.54) is 57.8 Å². The zero-order chi connectivity index (χ0) is 11.9. The summed E-state index contributed by atoms with van der Waals surface area (Å²) < 4.78 is 5.96. The second kappa shape index (κ2) is 7.38. The molecule has 2 fully saturated rings. The Morgan fingerprint density at radius 1 is 1.00 bits per heavy atom. The summed E-state index contributed by atoms with van der Waals surface area (Å²) in [5.74, 6) is 1.72. The van der Waals surface area contributed by atoms with Crippen molar-refractivity contribution in [2.75, 3.05) is 20.3 Å². The van der Waals surface area contributed by atoms with E-state index in [2.05, 4.69) is 12.4 Å². The summed E-state index contributed by atoms with van der Waals surface area (Å²) in [6.07, 6.45) is 12.7. The quantitative estimate of drug-likeness (QED) is 0.767. The van der Waals surface area contributed by atoms with E-state index in [0.717, 1.165) is 25.0 Å². The van der Waals surface area contributed by atoms with Crippen LogP contribution in [0.2, 0.25) is 0 Å². The van der Waals surface area contributed by atoms with Gasteiger partial charge in [-0.1, -0.05) is 32.1 Å². The summed E-state index contributed by atoms with van der Waals surface area (Å²) >= 11 is 0. The topological polar surface area (TPSA) is 21.3 Å². The Morgan fingerprint density at radius 2 is 1.65 bits per heavy atom. The van der Waals surface area contributed by atoms with Gasteiger partial charge in [-0.05, 0) is 44.6 Å². The predicted molar refractivity (Wildman–Crippen MR) is 72.2 cm³/mol. The fourth-order valence-corrected chi connectivity index (χ4v) is 3.53. The highest BCUT2D eigenvalue weighted by Gasteiger charge is 2.23. The molecule has 0 radical (unpaired) electrons. The minimum Gasteiger partial charge on any atom is -0.380 e. The molecule has 1 unspecified atom stereocenters. The van der Waals surface area contributed by atoms with Crippen LogP contribution in [-0.2, 0) is 4.74 Å². The number of hydrogen-bond acceptors (Lipinski definition) is 2. The number of ether oxygens (including phenoxy) is 1. The van der Waals surface area contributed by atoms with E-state index in [1.54, 1.807) is 0 Å². The first-order chi connectivity index (χ1) is 8.40. The van der Waals surface area contributed by atoms with Crippen molar-refractivity contribution in [2.45, 2.75) is 63.8 Å². The molecule has 0 aromatic carbocycles. The van der Waals surface area contributed by atoms with Gasteiger partial charge in [0.2, 0.25) is 0 Å². The van der Waals surface area contributed by atoms with Crippen molar-refractivity contribution in [3.8, 4) is 0 Å². The molecule has 0 aromatic rings. The molecule has 0 bridgehead atoms. The molecular formula is C15H29NO. The summed E-state index contributed by atoms with van der Waals surface area (Å²) in [7, 11) is 2.10. The van der Waals surface area contributed by atoms with Crippen LogP contribution in [0.25, 0.3) is 0 Å². The van der Waals surface area contributed by atoms with Gasteiger partial charge in [0.25, 0.3) is 0 Å². The summed E-state index contributed by atoms with van der Waals surface area (Å²) in [5, 5.41) is 3.47. The van der Waals surface area contributed by atoms with Crippen molar-refractivity contribution in [2.24, 2.45) is 11.8 Å². The van der Waals surface area contributed by atoms with Gasteiger partial charge in [0, 0.05) is 12.6 Å². The number of hydrogen-bond donors (Lipinski definition) is 1. The second-order valence-corrected chi connectivity index (χ2v) is 5.98. The smallest absolute Gasteiger partial charge is 0.0622 e. The van der Waals surface area contributed by atoms with Crippen LogP contribution in [0.3, 0.4) is 0 Å². The minimum atomic E-state index is 0.594. The van der Waals surface area contributed by atoms with Gasteiger partial charge in [0.1, 0.15) is 0 Å². The third-order valence-electron chi connectivity index (χ3n) is 4.72. The molecule has 0 spiro atoms. The van der Waals surface area contributed by atoms with Crippen molar-refractivity contribution >= 4 is 0 Å². The molecule has 2 aliphatic rings. The Kier molecular flexibility index (Phi) is 5.79. The van der Waals surface area contributed by atoms with Crippen LogP contribution in [0.5, 0.6) is 0 Å². The van der Waals surface area contributed by atoms with E-state index in [-0.39, 0.29) is 0 Å². The molecule has 2 rings (SSSR count). The maximum Gasteiger partial charge on any atom is 0.0622 e. The van der Waals surface area contributed by atoms with Crippen molar-refractivity contribution in [3.05, 3.63) is 0 Å². The average Bonchev–Trinajstić information content (AvgIpc) is 2.89. The van der Waals surface area contributed by atoms with Gasteiger partial charge in [-0.3, -0.25) is 0 Å². The van der Waals surface area contributed by atoms with E-state index in [4.69, 9.17) is 4.74 Å². The van der Waals surface area contributed by atoms with Crippen LogP contribution in [-0.4, -0.2) is 26.3 Å². The van der Waals surface area contributed by atoms with Crippen LogP contribution in [0.1, 0.15) is 57.8 Å². The lowest BCUT2D eigenvalue weighted by Gasteiger charge is -2.30. The van der Waals surface area contributed by atoms with Crippen molar-refractivity contribution in [1.29, 1.82) is 0 Å². The van der Waals surface area contributed by atoms with Gasteiger partial charge in [0.05, 0.1) is 6.61 Å².